The van der Waals surface area contributed by atoms with Gasteiger partial charge in [0.2, 0.25) is 5.82 Å². The quantitative estimate of drug-likeness (QED) is 0.734. The van der Waals surface area contributed by atoms with Crippen molar-refractivity contribution in [2.75, 3.05) is 0 Å². The van der Waals surface area contributed by atoms with E-state index >= 15 is 0 Å². The predicted octanol–water partition coefficient (Wildman–Crippen LogP) is 2.56. The normalized spacial score (nSPS) is 10.7. The van der Waals surface area contributed by atoms with Gasteiger partial charge in [-0.2, -0.15) is 4.98 Å². The van der Waals surface area contributed by atoms with Crippen LogP contribution in [0, 0.1) is 0 Å². The Morgan fingerprint density at radius 3 is 2.60 bits per heavy atom. The molecule has 0 spiro atoms. The highest BCUT2D eigenvalue weighted by molar-refractivity contribution is 6.32. The van der Waals surface area contributed by atoms with Crippen molar-refractivity contribution < 1.29 is 9.63 Å². The highest BCUT2D eigenvalue weighted by Crippen LogP contribution is 2.28. The fourth-order valence-electron chi connectivity index (χ4n) is 1.77. The van der Waals surface area contributed by atoms with Crippen LogP contribution in [0.5, 0.6) is 5.75 Å². The van der Waals surface area contributed by atoms with Gasteiger partial charge in [-0.15, -0.1) is 0 Å². The van der Waals surface area contributed by atoms with E-state index in [1.807, 2.05) is 0 Å². The molecule has 0 aliphatic heterocycles. The van der Waals surface area contributed by atoms with Gasteiger partial charge in [-0.1, -0.05) is 34.4 Å². The van der Waals surface area contributed by atoms with Crippen LogP contribution in [0.1, 0.15) is 0 Å². The predicted molar refractivity (Wildman–Crippen MR) is 77.2 cm³/mol. The summed E-state index contributed by atoms with van der Waals surface area (Å²) >= 11 is 5.83. The molecule has 2 aromatic carbocycles. The molecule has 0 bridgehead atoms. The lowest BCUT2D eigenvalue weighted by Crippen LogP contribution is -2.00. The van der Waals surface area contributed by atoms with Gasteiger partial charge in [0.25, 0.3) is 5.89 Å². The van der Waals surface area contributed by atoms with Crippen LogP contribution in [0.2, 0.25) is 5.02 Å². The first kappa shape index (κ1) is 12.8. The maximum atomic E-state index is 9.80. The molecule has 96 valence electrons. The van der Waals surface area contributed by atoms with Crippen LogP contribution in [-0.4, -0.2) is 23.1 Å². The van der Waals surface area contributed by atoms with Gasteiger partial charge in [-0.3, -0.25) is 0 Å². The molecule has 6 heteroatoms. The van der Waals surface area contributed by atoms with Crippen LogP contribution in [0.15, 0.2) is 47.0 Å². The van der Waals surface area contributed by atoms with Gasteiger partial charge in [0.15, 0.2) is 0 Å². The molecule has 20 heavy (non-hydrogen) atoms. The lowest BCUT2D eigenvalue weighted by Gasteiger charge is -2.00. The highest BCUT2D eigenvalue weighted by Gasteiger charge is 2.14. The number of hydrogen-bond acceptors (Lipinski definition) is 4. The lowest BCUT2D eigenvalue weighted by atomic mass is 9.94. The summed E-state index contributed by atoms with van der Waals surface area (Å²) in [5.41, 5.74) is 1.68. The van der Waals surface area contributed by atoms with E-state index in [1.165, 1.54) is 6.07 Å². The van der Waals surface area contributed by atoms with Crippen LogP contribution in [0.4, 0.5) is 0 Å². The van der Waals surface area contributed by atoms with Gasteiger partial charge in [0.05, 0.1) is 5.56 Å². The maximum Gasteiger partial charge on any atom is 0.261 e. The van der Waals surface area contributed by atoms with Crippen molar-refractivity contribution in [2.24, 2.45) is 0 Å². The van der Waals surface area contributed by atoms with Crippen molar-refractivity contribution in [3.63, 3.8) is 0 Å². The number of halogens is 1. The van der Waals surface area contributed by atoms with Crippen molar-refractivity contribution in [3.8, 4) is 28.6 Å². The van der Waals surface area contributed by atoms with Gasteiger partial charge < -0.3 is 9.63 Å². The number of rotatable bonds is 2. The van der Waals surface area contributed by atoms with Crippen LogP contribution in [0.25, 0.3) is 22.8 Å². The molecular formula is C14H8BClN2O2. The first-order valence-electron chi connectivity index (χ1n) is 5.82. The van der Waals surface area contributed by atoms with Crippen LogP contribution in [-0.2, 0) is 0 Å². The highest BCUT2D eigenvalue weighted by atomic mass is 35.5. The zero-order valence-electron chi connectivity index (χ0n) is 10.2. The molecule has 1 aromatic heterocycles. The van der Waals surface area contributed by atoms with Crippen LogP contribution >= 0.6 is 11.6 Å². The Kier molecular flexibility index (Phi) is 3.20. The molecule has 1 heterocycles. The summed E-state index contributed by atoms with van der Waals surface area (Å²) in [6.45, 7) is 0. The Morgan fingerprint density at radius 2 is 1.85 bits per heavy atom. The van der Waals surface area contributed by atoms with Crippen molar-refractivity contribution in [1.29, 1.82) is 0 Å². The summed E-state index contributed by atoms with van der Waals surface area (Å²) in [4.78, 5) is 4.25. The second-order valence-corrected chi connectivity index (χ2v) is 4.64. The number of phenolic OH excluding ortho intramolecular Hbond substituents is 1. The van der Waals surface area contributed by atoms with E-state index in [0.29, 0.717) is 21.9 Å². The number of nitrogens with zero attached hydrogens (tertiary/aromatic N) is 2. The average Bonchev–Trinajstić information content (AvgIpc) is 2.92. The Balaban J connectivity index is 2.01. The van der Waals surface area contributed by atoms with Gasteiger partial charge >= 0.3 is 0 Å². The van der Waals surface area contributed by atoms with E-state index in [1.54, 1.807) is 36.4 Å². The summed E-state index contributed by atoms with van der Waals surface area (Å²) in [5, 5.41) is 14.3. The monoisotopic (exact) mass is 282 g/mol. The Bertz CT molecular complexity index is 756. The average molecular weight is 282 g/mol. The van der Waals surface area contributed by atoms with E-state index in [0.717, 1.165) is 5.56 Å². The third-order valence-electron chi connectivity index (χ3n) is 2.78. The van der Waals surface area contributed by atoms with Crippen LogP contribution < -0.4 is 5.46 Å². The Labute approximate surface area is 121 Å². The first-order valence-corrected chi connectivity index (χ1v) is 6.20. The fraction of sp³-hybridized carbons (Fsp3) is 0. The smallest absolute Gasteiger partial charge is 0.261 e. The topological polar surface area (TPSA) is 59.2 Å². The van der Waals surface area contributed by atoms with Crippen molar-refractivity contribution >= 4 is 24.9 Å². The number of hydrogen-bond donors (Lipinski definition) is 1. The van der Waals surface area contributed by atoms with E-state index in [-0.39, 0.29) is 11.6 Å². The molecule has 2 radical (unpaired) electrons. The number of benzene rings is 2. The molecule has 4 nitrogen and oxygen atoms in total. The van der Waals surface area contributed by atoms with Crippen LogP contribution in [0.3, 0.4) is 0 Å². The maximum absolute atomic E-state index is 9.80. The van der Waals surface area contributed by atoms with Crippen molar-refractivity contribution in [2.45, 2.75) is 0 Å². The van der Waals surface area contributed by atoms with E-state index < -0.39 is 0 Å². The Morgan fingerprint density at radius 1 is 1.10 bits per heavy atom. The molecule has 0 aliphatic rings. The van der Waals surface area contributed by atoms with E-state index in [2.05, 4.69) is 10.1 Å². The molecule has 0 saturated carbocycles. The van der Waals surface area contributed by atoms with E-state index in [4.69, 9.17) is 24.0 Å². The minimum Gasteiger partial charge on any atom is -0.507 e. The molecule has 1 N–H and O–H groups in total. The summed E-state index contributed by atoms with van der Waals surface area (Å²) in [6.07, 6.45) is 0. The standard InChI is InChI=1S/C14H8BClN2O2/c15-9-3-6-12(19)11(7-9)14-17-13(18-20-14)8-1-4-10(16)5-2-8/h1-7,19H. The molecule has 0 fully saturated rings. The van der Waals surface area contributed by atoms with Gasteiger partial charge in [-0.05, 0) is 30.3 Å². The third kappa shape index (κ3) is 2.40. The number of aromatic hydroxyl groups is 1. The minimum atomic E-state index is 0.0329. The number of aromatic nitrogens is 2. The van der Waals surface area contributed by atoms with Gasteiger partial charge in [-0.25, -0.2) is 0 Å². The lowest BCUT2D eigenvalue weighted by molar-refractivity contribution is 0.426. The largest absolute Gasteiger partial charge is 0.507 e. The SMILES string of the molecule is [B]c1ccc(O)c(-c2nc(-c3ccc(Cl)cc3)no2)c1. The molecular weight excluding hydrogens is 274 g/mol. The molecule has 3 rings (SSSR count). The first-order chi connectivity index (χ1) is 9.63. The van der Waals surface area contributed by atoms with Crippen molar-refractivity contribution in [3.05, 3.63) is 47.5 Å². The summed E-state index contributed by atoms with van der Waals surface area (Å²) < 4.78 is 5.16. The fourth-order valence-corrected chi connectivity index (χ4v) is 1.90. The summed E-state index contributed by atoms with van der Waals surface area (Å²) in [6, 6.07) is 11.7. The zero-order chi connectivity index (χ0) is 14.1. The number of phenols is 1. The molecule has 0 aliphatic carbocycles. The summed E-state index contributed by atoms with van der Waals surface area (Å²) in [7, 11) is 5.68. The van der Waals surface area contributed by atoms with Gasteiger partial charge in [0.1, 0.15) is 13.6 Å². The second kappa shape index (κ2) is 5.02. The third-order valence-corrected chi connectivity index (χ3v) is 3.03. The van der Waals surface area contributed by atoms with Crippen molar-refractivity contribution in [1.82, 2.24) is 10.1 Å². The molecule has 0 amide bonds. The minimum absolute atomic E-state index is 0.0329. The summed E-state index contributed by atoms with van der Waals surface area (Å²) in [5.74, 6) is 0.656. The molecule has 0 atom stereocenters. The molecule has 3 aromatic rings. The molecule has 0 saturated heterocycles. The second-order valence-electron chi connectivity index (χ2n) is 4.21. The van der Waals surface area contributed by atoms with E-state index in [9.17, 15) is 5.11 Å². The molecule has 0 unspecified atom stereocenters. The Hall–Kier alpha value is -2.27. The zero-order valence-corrected chi connectivity index (χ0v) is 11.0. The van der Waals surface area contributed by atoms with Gasteiger partial charge in [0, 0.05) is 10.6 Å².